The van der Waals surface area contributed by atoms with E-state index in [1.807, 2.05) is 25.1 Å². The highest BCUT2D eigenvalue weighted by molar-refractivity contribution is 5.94. The van der Waals surface area contributed by atoms with Gasteiger partial charge in [0.1, 0.15) is 5.76 Å². The molecule has 1 N–H and O–H groups in total. The minimum absolute atomic E-state index is 0.0262. The van der Waals surface area contributed by atoms with E-state index in [-0.39, 0.29) is 11.9 Å². The zero-order valence-corrected chi connectivity index (χ0v) is 16.1. The molecule has 0 saturated carbocycles. The van der Waals surface area contributed by atoms with Crippen LogP contribution < -0.4 is 14.8 Å². The van der Waals surface area contributed by atoms with Gasteiger partial charge in [0.2, 0.25) is 5.91 Å². The molecule has 0 bridgehead atoms. The van der Waals surface area contributed by atoms with Crippen LogP contribution in [0.15, 0.2) is 41.0 Å². The maximum atomic E-state index is 12.7. The number of benzene rings is 1. The molecule has 0 spiro atoms. The van der Waals surface area contributed by atoms with Crippen molar-refractivity contribution in [1.82, 2.24) is 9.80 Å². The summed E-state index contributed by atoms with van der Waals surface area (Å²) in [5.41, 5.74) is 0.695. The smallest absolute Gasteiger partial charge is 0.241 e. The molecule has 0 radical (unpaired) electrons. The van der Waals surface area contributed by atoms with E-state index in [0.29, 0.717) is 17.2 Å². The Morgan fingerprint density at radius 2 is 1.89 bits per heavy atom. The lowest BCUT2D eigenvalue weighted by atomic mass is 10.2. The molecule has 1 aliphatic rings. The van der Waals surface area contributed by atoms with Crippen molar-refractivity contribution in [2.24, 2.45) is 0 Å². The molecule has 1 aromatic heterocycles. The summed E-state index contributed by atoms with van der Waals surface area (Å²) in [6, 6.07) is 9.06. The normalized spacial score (nSPS) is 16.7. The first-order valence-electron chi connectivity index (χ1n) is 9.12. The van der Waals surface area contributed by atoms with E-state index in [0.717, 1.165) is 38.5 Å². The monoisotopic (exact) mass is 373 g/mol. The van der Waals surface area contributed by atoms with Crippen LogP contribution in [-0.4, -0.2) is 62.1 Å². The number of nitrogens with one attached hydrogen (secondary N) is 1. The topological polar surface area (TPSA) is 67.2 Å². The number of rotatable bonds is 7. The van der Waals surface area contributed by atoms with Crippen LogP contribution in [0.1, 0.15) is 12.7 Å². The van der Waals surface area contributed by atoms with E-state index >= 15 is 0 Å². The highest BCUT2D eigenvalue weighted by Gasteiger charge is 2.26. The third-order valence-corrected chi connectivity index (χ3v) is 4.94. The lowest BCUT2D eigenvalue weighted by molar-refractivity contribution is -0.121. The Morgan fingerprint density at radius 3 is 2.52 bits per heavy atom. The van der Waals surface area contributed by atoms with Crippen molar-refractivity contribution in [3.05, 3.63) is 42.4 Å². The molecular formula is C20H27N3O4. The van der Waals surface area contributed by atoms with E-state index in [2.05, 4.69) is 15.1 Å². The summed E-state index contributed by atoms with van der Waals surface area (Å²) in [7, 11) is 3.16. The second kappa shape index (κ2) is 8.92. The molecule has 2 heterocycles. The van der Waals surface area contributed by atoms with Crippen LogP contribution in [0.4, 0.5) is 5.69 Å². The molecule has 1 saturated heterocycles. The molecule has 0 aliphatic carbocycles. The predicted octanol–water partition coefficient (Wildman–Crippen LogP) is 2.44. The third kappa shape index (κ3) is 4.81. The second-order valence-corrected chi connectivity index (χ2v) is 6.63. The van der Waals surface area contributed by atoms with Crippen molar-refractivity contribution >= 4 is 11.6 Å². The van der Waals surface area contributed by atoms with Crippen LogP contribution in [0, 0.1) is 0 Å². The number of furan rings is 1. The average molecular weight is 373 g/mol. The fourth-order valence-corrected chi connectivity index (χ4v) is 3.26. The fraction of sp³-hybridized carbons (Fsp3) is 0.450. The first-order chi connectivity index (χ1) is 13.1. The maximum absolute atomic E-state index is 12.7. The molecule has 1 aromatic carbocycles. The van der Waals surface area contributed by atoms with Gasteiger partial charge >= 0.3 is 0 Å². The Labute approximate surface area is 159 Å². The van der Waals surface area contributed by atoms with Crippen LogP contribution in [0.2, 0.25) is 0 Å². The van der Waals surface area contributed by atoms with Crippen LogP contribution in [0.5, 0.6) is 11.5 Å². The fourth-order valence-electron chi connectivity index (χ4n) is 3.26. The van der Waals surface area contributed by atoms with Crippen molar-refractivity contribution in [3.63, 3.8) is 0 Å². The van der Waals surface area contributed by atoms with E-state index in [4.69, 9.17) is 13.9 Å². The van der Waals surface area contributed by atoms with Gasteiger partial charge in [0.15, 0.2) is 11.5 Å². The molecule has 146 valence electrons. The quantitative estimate of drug-likeness (QED) is 0.804. The van der Waals surface area contributed by atoms with Gasteiger partial charge < -0.3 is 19.2 Å². The largest absolute Gasteiger partial charge is 0.493 e. The molecule has 1 amide bonds. The average Bonchev–Trinajstić information content (AvgIpc) is 3.21. The molecule has 7 heteroatoms. The number of ether oxygens (including phenoxy) is 2. The predicted molar refractivity (Wildman–Crippen MR) is 103 cm³/mol. The summed E-state index contributed by atoms with van der Waals surface area (Å²) in [6.45, 7) is 6.27. The van der Waals surface area contributed by atoms with Crippen molar-refractivity contribution in [1.29, 1.82) is 0 Å². The van der Waals surface area contributed by atoms with Gasteiger partial charge in [-0.05, 0) is 31.2 Å². The number of hydrogen-bond acceptors (Lipinski definition) is 6. The van der Waals surface area contributed by atoms with Gasteiger partial charge in [0, 0.05) is 37.9 Å². The first kappa shape index (κ1) is 19.3. The standard InChI is InChI=1S/C20H27N3O4/c1-15(20(24)21-16-6-7-18(25-2)19(13-16)26-3)23-10-8-22(9-11-23)14-17-5-4-12-27-17/h4-7,12-13,15H,8-11,14H2,1-3H3,(H,21,24)/t15-/m0/s1. The van der Waals surface area contributed by atoms with Crippen LogP contribution >= 0.6 is 0 Å². The summed E-state index contributed by atoms with van der Waals surface area (Å²) in [5, 5.41) is 2.97. The number of carbonyl (C=O) groups is 1. The Kier molecular flexibility index (Phi) is 6.36. The molecule has 3 rings (SSSR count). The minimum Gasteiger partial charge on any atom is -0.493 e. The number of carbonyl (C=O) groups excluding carboxylic acids is 1. The van der Waals surface area contributed by atoms with Crippen LogP contribution in [-0.2, 0) is 11.3 Å². The number of hydrogen-bond donors (Lipinski definition) is 1. The Balaban J connectivity index is 1.52. The second-order valence-electron chi connectivity index (χ2n) is 6.63. The maximum Gasteiger partial charge on any atom is 0.241 e. The zero-order chi connectivity index (χ0) is 19.2. The summed E-state index contributed by atoms with van der Waals surface area (Å²) in [6.07, 6.45) is 1.70. The van der Waals surface area contributed by atoms with E-state index in [1.54, 1.807) is 32.6 Å². The minimum atomic E-state index is -0.205. The number of piperazine rings is 1. The molecule has 7 nitrogen and oxygen atoms in total. The number of anilines is 1. The third-order valence-electron chi connectivity index (χ3n) is 4.94. The van der Waals surface area contributed by atoms with Crippen molar-refractivity contribution in [2.45, 2.75) is 19.5 Å². The van der Waals surface area contributed by atoms with Crippen molar-refractivity contribution in [2.75, 3.05) is 45.7 Å². The lowest BCUT2D eigenvalue weighted by Crippen LogP contribution is -2.52. The van der Waals surface area contributed by atoms with Gasteiger partial charge in [0.25, 0.3) is 0 Å². The number of methoxy groups -OCH3 is 2. The molecule has 1 atom stereocenters. The first-order valence-corrected chi connectivity index (χ1v) is 9.12. The lowest BCUT2D eigenvalue weighted by Gasteiger charge is -2.37. The van der Waals surface area contributed by atoms with Gasteiger partial charge in [-0.3, -0.25) is 14.6 Å². The van der Waals surface area contributed by atoms with Gasteiger partial charge in [-0.1, -0.05) is 0 Å². The molecule has 1 aliphatic heterocycles. The van der Waals surface area contributed by atoms with Crippen molar-refractivity contribution < 1.29 is 18.7 Å². The summed E-state index contributed by atoms with van der Waals surface area (Å²) >= 11 is 0. The van der Waals surface area contributed by atoms with Gasteiger partial charge in [0.05, 0.1) is 33.1 Å². The molecular weight excluding hydrogens is 346 g/mol. The molecule has 2 aromatic rings. The Bertz CT molecular complexity index is 740. The van der Waals surface area contributed by atoms with E-state index < -0.39 is 0 Å². The van der Waals surface area contributed by atoms with Crippen LogP contribution in [0.25, 0.3) is 0 Å². The highest BCUT2D eigenvalue weighted by atomic mass is 16.5. The van der Waals surface area contributed by atoms with Crippen molar-refractivity contribution in [3.8, 4) is 11.5 Å². The van der Waals surface area contributed by atoms with E-state index in [9.17, 15) is 4.79 Å². The molecule has 27 heavy (non-hydrogen) atoms. The Morgan fingerprint density at radius 1 is 1.15 bits per heavy atom. The van der Waals surface area contributed by atoms with Gasteiger partial charge in [-0.25, -0.2) is 0 Å². The molecule has 0 unspecified atom stereocenters. The Hall–Kier alpha value is -2.51. The summed E-state index contributed by atoms with van der Waals surface area (Å²) < 4.78 is 15.9. The molecule has 1 fully saturated rings. The summed E-state index contributed by atoms with van der Waals surface area (Å²) in [5.74, 6) is 2.18. The number of nitrogens with zero attached hydrogens (tertiary/aromatic N) is 2. The van der Waals surface area contributed by atoms with E-state index in [1.165, 1.54) is 0 Å². The SMILES string of the molecule is COc1ccc(NC(=O)[C@H](C)N2CCN(Cc3ccco3)CC2)cc1OC. The highest BCUT2D eigenvalue weighted by Crippen LogP contribution is 2.29. The van der Waals surface area contributed by atoms with Gasteiger partial charge in [-0.15, -0.1) is 0 Å². The van der Waals surface area contributed by atoms with Crippen LogP contribution in [0.3, 0.4) is 0 Å². The number of amides is 1. The zero-order valence-electron chi connectivity index (χ0n) is 16.1. The van der Waals surface area contributed by atoms with Gasteiger partial charge in [-0.2, -0.15) is 0 Å². The summed E-state index contributed by atoms with van der Waals surface area (Å²) in [4.78, 5) is 17.2.